The standard InChI is InChI=1S/C11H16N2OS/c1-2-3-8-14-10(11(12)15)9-6-4-5-7-13-9/h4-7,10H,2-3,8H2,1H3,(H2,12,15). The number of nitrogens with two attached hydrogens (primary N) is 1. The third-order valence-electron chi connectivity index (χ3n) is 2.00. The van der Waals surface area contributed by atoms with Gasteiger partial charge < -0.3 is 10.5 Å². The van der Waals surface area contributed by atoms with Crippen molar-refractivity contribution in [1.82, 2.24) is 4.98 Å². The van der Waals surface area contributed by atoms with Gasteiger partial charge in [-0.2, -0.15) is 0 Å². The molecule has 0 aliphatic carbocycles. The van der Waals surface area contributed by atoms with Crippen LogP contribution in [0.5, 0.6) is 0 Å². The molecule has 0 aromatic carbocycles. The van der Waals surface area contributed by atoms with Crippen molar-refractivity contribution in [3.05, 3.63) is 30.1 Å². The maximum Gasteiger partial charge on any atom is 0.149 e. The van der Waals surface area contributed by atoms with Gasteiger partial charge in [0.25, 0.3) is 0 Å². The van der Waals surface area contributed by atoms with Gasteiger partial charge in [0.15, 0.2) is 0 Å². The summed E-state index contributed by atoms with van der Waals surface area (Å²) < 4.78 is 5.60. The smallest absolute Gasteiger partial charge is 0.149 e. The van der Waals surface area contributed by atoms with E-state index in [4.69, 9.17) is 22.7 Å². The van der Waals surface area contributed by atoms with E-state index in [-0.39, 0.29) is 6.10 Å². The van der Waals surface area contributed by atoms with Crippen LogP contribution >= 0.6 is 12.2 Å². The molecule has 0 amide bonds. The molecule has 0 aliphatic heterocycles. The molecule has 0 saturated heterocycles. The van der Waals surface area contributed by atoms with Crippen molar-refractivity contribution in [3.8, 4) is 0 Å². The fraction of sp³-hybridized carbons (Fsp3) is 0.455. The molecule has 0 aliphatic rings. The summed E-state index contributed by atoms with van der Waals surface area (Å²) >= 11 is 4.96. The van der Waals surface area contributed by atoms with Gasteiger partial charge in [-0.3, -0.25) is 4.98 Å². The first-order valence-corrected chi connectivity index (χ1v) is 5.48. The summed E-state index contributed by atoms with van der Waals surface area (Å²) in [7, 11) is 0. The fourth-order valence-electron chi connectivity index (χ4n) is 1.19. The first-order chi connectivity index (χ1) is 7.25. The lowest BCUT2D eigenvalue weighted by Gasteiger charge is -2.15. The van der Waals surface area contributed by atoms with Gasteiger partial charge in [-0.1, -0.05) is 31.6 Å². The minimum absolute atomic E-state index is 0.338. The molecule has 0 radical (unpaired) electrons. The fourth-order valence-corrected chi connectivity index (χ4v) is 1.38. The number of unbranched alkanes of at least 4 members (excludes halogenated alkanes) is 1. The topological polar surface area (TPSA) is 48.1 Å². The van der Waals surface area contributed by atoms with Crippen molar-refractivity contribution in [3.63, 3.8) is 0 Å². The van der Waals surface area contributed by atoms with Gasteiger partial charge in [-0.15, -0.1) is 0 Å². The van der Waals surface area contributed by atoms with Crippen molar-refractivity contribution < 1.29 is 4.74 Å². The molecule has 15 heavy (non-hydrogen) atoms. The van der Waals surface area contributed by atoms with Crippen LogP contribution in [0.2, 0.25) is 0 Å². The Labute approximate surface area is 95.7 Å². The zero-order valence-corrected chi connectivity index (χ0v) is 9.67. The van der Waals surface area contributed by atoms with Gasteiger partial charge in [0.2, 0.25) is 0 Å². The molecule has 1 heterocycles. The highest BCUT2D eigenvalue weighted by Gasteiger charge is 2.15. The third kappa shape index (κ3) is 3.93. The Morgan fingerprint density at radius 2 is 2.40 bits per heavy atom. The van der Waals surface area contributed by atoms with Gasteiger partial charge in [0, 0.05) is 12.8 Å². The average molecular weight is 224 g/mol. The first-order valence-electron chi connectivity index (χ1n) is 5.07. The molecule has 82 valence electrons. The Morgan fingerprint density at radius 1 is 1.60 bits per heavy atom. The second kappa shape index (κ2) is 6.48. The maximum atomic E-state index is 5.62. The number of nitrogens with zero attached hydrogens (tertiary/aromatic N) is 1. The predicted octanol–water partition coefficient (Wildman–Crippen LogP) is 2.23. The zero-order chi connectivity index (χ0) is 11.1. The normalized spacial score (nSPS) is 12.3. The Hall–Kier alpha value is -1.00. The molecular formula is C11H16N2OS. The summed E-state index contributed by atoms with van der Waals surface area (Å²) in [5.74, 6) is 0. The van der Waals surface area contributed by atoms with Gasteiger partial charge in [0.05, 0.1) is 5.69 Å². The quantitative estimate of drug-likeness (QED) is 0.594. The van der Waals surface area contributed by atoms with E-state index in [1.165, 1.54) is 0 Å². The monoisotopic (exact) mass is 224 g/mol. The molecule has 0 spiro atoms. The van der Waals surface area contributed by atoms with E-state index in [0.717, 1.165) is 18.5 Å². The largest absolute Gasteiger partial charge is 0.391 e. The maximum absolute atomic E-state index is 5.62. The molecule has 4 heteroatoms. The third-order valence-corrected chi connectivity index (χ3v) is 2.21. The molecule has 0 saturated carbocycles. The molecule has 2 N–H and O–H groups in total. The summed E-state index contributed by atoms with van der Waals surface area (Å²) in [6.45, 7) is 2.77. The van der Waals surface area contributed by atoms with Crippen LogP contribution in [0.15, 0.2) is 24.4 Å². The highest BCUT2D eigenvalue weighted by molar-refractivity contribution is 7.80. The summed E-state index contributed by atoms with van der Waals surface area (Å²) in [5, 5.41) is 0. The van der Waals surface area contributed by atoms with E-state index in [2.05, 4.69) is 11.9 Å². The lowest BCUT2D eigenvalue weighted by molar-refractivity contribution is 0.0937. The molecule has 1 unspecified atom stereocenters. The highest BCUT2D eigenvalue weighted by Crippen LogP contribution is 2.15. The van der Waals surface area contributed by atoms with Crippen LogP contribution in [0, 0.1) is 0 Å². The summed E-state index contributed by atoms with van der Waals surface area (Å²) in [6.07, 6.45) is 3.45. The van der Waals surface area contributed by atoms with Crippen molar-refractivity contribution in [1.29, 1.82) is 0 Å². The van der Waals surface area contributed by atoms with Gasteiger partial charge in [-0.05, 0) is 18.6 Å². The van der Waals surface area contributed by atoms with E-state index >= 15 is 0 Å². The van der Waals surface area contributed by atoms with Crippen LogP contribution in [0.25, 0.3) is 0 Å². The van der Waals surface area contributed by atoms with E-state index in [0.29, 0.717) is 11.6 Å². The summed E-state index contributed by atoms with van der Waals surface area (Å²) in [5.41, 5.74) is 6.40. The first kappa shape index (κ1) is 12.1. The molecule has 3 nitrogen and oxygen atoms in total. The van der Waals surface area contributed by atoms with E-state index < -0.39 is 0 Å². The zero-order valence-electron chi connectivity index (χ0n) is 8.85. The minimum atomic E-state index is -0.354. The SMILES string of the molecule is CCCCOC(C(N)=S)c1ccccn1. The number of rotatable bonds is 6. The number of hydrogen-bond donors (Lipinski definition) is 1. The predicted molar refractivity (Wildman–Crippen MR) is 64.6 cm³/mol. The van der Waals surface area contributed by atoms with Crippen LogP contribution in [0.3, 0.4) is 0 Å². The highest BCUT2D eigenvalue weighted by atomic mass is 32.1. The van der Waals surface area contributed by atoms with Gasteiger partial charge in [0.1, 0.15) is 11.1 Å². The van der Waals surface area contributed by atoms with Crippen LogP contribution < -0.4 is 5.73 Å². The number of aromatic nitrogens is 1. The number of thiocarbonyl (C=S) groups is 1. The molecule has 1 rings (SSSR count). The number of ether oxygens (including phenoxy) is 1. The van der Waals surface area contributed by atoms with Crippen LogP contribution in [0.1, 0.15) is 31.6 Å². The molecule has 1 aromatic heterocycles. The lowest BCUT2D eigenvalue weighted by atomic mass is 10.2. The van der Waals surface area contributed by atoms with Crippen molar-refractivity contribution in [2.75, 3.05) is 6.61 Å². The van der Waals surface area contributed by atoms with Gasteiger partial charge >= 0.3 is 0 Å². The van der Waals surface area contributed by atoms with Crippen LogP contribution in [0.4, 0.5) is 0 Å². The summed E-state index contributed by atoms with van der Waals surface area (Å²) in [6, 6.07) is 5.62. The average Bonchev–Trinajstić information content (AvgIpc) is 2.25. The second-order valence-electron chi connectivity index (χ2n) is 3.26. The lowest BCUT2D eigenvalue weighted by Crippen LogP contribution is -2.23. The molecule has 1 atom stereocenters. The van der Waals surface area contributed by atoms with Crippen molar-refractivity contribution >= 4 is 17.2 Å². The van der Waals surface area contributed by atoms with E-state index in [1.54, 1.807) is 6.20 Å². The Balaban J connectivity index is 2.62. The Morgan fingerprint density at radius 3 is 2.93 bits per heavy atom. The Kier molecular flexibility index (Phi) is 5.21. The van der Waals surface area contributed by atoms with Crippen LogP contribution in [-0.2, 0) is 4.74 Å². The van der Waals surface area contributed by atoms with Crippen molar-refractivity contribution in [2.45, 2.75) is 25.9 Å². The Bertz CT molecular complexity index is 303. The molecule has 1 aromatic rings. The number of hydrogen-bond acceptors (Lipinski definition) is 3. The van der Waals surface area contributed by atoms with Crippen molar-refractivity contribution in [2.24, 2.45) is 5.73 Å². The number of pyridine rings is 1. The second-order valence-corrected chi connectivity index (χ2v) is 3.73. The molecule has 0 bridgehead atoms. The molecule has 0 fully saturated rings. The molecular weight excluding hydrogens is 208 g/mol. The minimum Gasteiger partial charge on any atom is -0.391 e. The summed E-state index contributed by atoms with van der Waals surface area (Å²) in [4.78, 5) is 4.52. The van der Waals surface area contributed by atoms with E-state index in [1.807, 2.05) is 18.2 Å². The van der Waals surface area contributed by atoms with Gasteiger partial charge in [-0.25, -0.2) is 0 Å². The van der Waals surface area contributed by atoms with Crippen LogP contribution in [-0.4, -0.2) is 16.6 Å². The van der Waals surface area contributed by atoms with E-state index in [9.17, 15) is 0 Å².